The van der Waals surface area contributed by atoms with Gasteiger partial charge in [-0.3, -0.25) is 0 Å². The number of esters is 1. The summed E-state index contributed by atoms with van der Waals surface area (Å²) in [7, 11) is 0. The Bertz CT molecular complexity index is 774. The molecule has 0 saturated heterocycles. The second-order valence-electron chi connectivity index (χ2n) is 11.2. The molecule has 2 aliphatic carbocycles. The lowest BCUT2D eigenvalue weighted by Crippen LogP contribution is -2.63. The number of cyclic esters (lactones) is 1. The van der Waals surface area contributed by atoms with Gasteiger partial charge in [0.15, 0.2) is 6.10 Å². The Morgan fingerprint density at radius 2 is 1.94 bits per heavy atom. The number of carbonyl (C=O) groups excluding carboxylic acids is 1. The van der Waals surface area contributed by atoms with Crippen LogP contribution in [0.5, 0.6) is 0 Å². The largest absolute Gasteiger partial charge is 0.452 e. The van der Waals surface area contributed by atoms with E-state index in [9.17, 15) is 30.3 Å². The first-order valence-corrected chi connectivity index (χ1v) is 11.7. The molecule has 32 heavy (non-hydrogen) atoms. The fourth-order valence-corrected chi connectivity index (χ4v) is 7.23. The minimum Gasteiger partial charge on any atom is -0.452 e. The van der Waals surface area contributed by atoms with Crippen molar-refractivity contribution in [2.45, 2.75) is 96.2 Å². The SMILES string of the molecule is C=C(CC[C@@H]1[C@@]2(C)CCC[C@@](C)(CO)[C@@H]2[C@@H](O)C[C@@]1(C)O)C(O)C(O)C1OC(=O)C=C1C. The van der Waals surface area contributed by atoms with Gasteiger partial charge in [-0.05, 0) is 73.3 Å². The average molecular weight is 453 g/mol. The molecular formula is C25H40O7. The molecule has 0 aromatic heterocycles. The van der Waals surface area contributed by atoms with Gasteiger partial charge in [-0.25, -0.2) is 4.79 Å². The molecule has 5 N–H and O–H groups in total. The summed E-state index contributed by atoms with van der Waals surface area (Å²) in [5, 5.41) is 53.7. The second kappa shape index (κ2) is 8.84. The van der Waals surface area contributed by atoms with Crippen LogP contribution in [0.2, 0.25) is 0 Å². The van der Waals surface area contributed by atoms with Crippen LogP contribution in [0.3, 0.4) is 0 Å². The highest BCUT2D eigenvalue weighted by atomic mass is 16.6. The third-order valence-corrected chi connectivity index (χ3v) is 8.68. The van der Waals surface area contributed by atoms with Crippen molar-refractivity contribution in [1.29, 1.82) is 0 Å². The van der Waals surface area contributed by atoms with Crippen LogP contribution >= 0.6 is 0 Å². The van der Waals surface area contributed by atoms with Crippen LogP contribution in [0.4, 0.5) is 0 Å². The summed E-state index contributed by atoms with van der Waals surface area (Å²) in [5.41, 5.74) is -0.941. The highest BCUT2D eigenvalue weighted by Gasteiger charge is 2.62. The quantitative estimate of drug-likeness (QED) is 0.295. The highest BCUT2D eigenvalue weighted by molar-refractivity contribution is 5.85. The molecule has 1 heterocycles. The predicted molar refractivity (Wildman–Crippen MR) is 119 cm³/mol. The van der Waals surface area contributed by atoms with E-state index in [0.29, 0.717) is 24.0 Å². The van der Waals surface area contributed by atoms with Crippen LogP contribution in [0.15, 0.2) is 23.8 Å². The molecule has 0 radical (unpaired) electrons. The zero-order valence-electron chi connectivity index (χ0n) is 19.8. The van der Waals surface area contributed by atoms with Gasteiger partial charge in [0.1, 0.15) is 12.2 Å². The number of aliphatic hydroxyl groups excluding tert-OH is 4. The standard InChI is InChI=1S/C25H40O7/c1-14(19(29)20(30)21-15(2)11-18(28)32-21)7-8-17-24(4)10-6-9-23(3,13-26)22(24)16(27)12-25(17,5)31/h11,16-17,19-22,26-27,29-31H,1,6-10,12-13H2,2-5H3/t16-,17+,19?,20?,21?,22-,23-,24+,25+/m0/s1. The van der Waals surface area contributed by atoms with Crippen molar-refractivity contribution in [3.05, 3.63) is 23.8 Å². The molecule has 3 unspecified atom stereocenters. The Labute approximate surface area is 190 Å². The Kier molecular flexibility index (Phi) is 7.01. The van der Waals surface area contributed by atoms with E-state index >= 15 is 0 Å². The number of hydrogen-bond donors (Lipinski definition) is 5. The third-order valence-electron chi connectivity index (χ3n) is 8.68. The van der Waals surface area contributed by atoms with Crippen molar-refractivity contribution in [3.8, 4) is 0 Å². The molecule has 0 amide bonds. The van der Waals surface area contributed by atoms with Crippen molar-refractivity contribution in [2.75, 3.05) is 6.61 Å². The van der Waals surface area contributed by atoms with Crippen LogP contribution in [-0.4, -0.2) is 68.1 Å². The van der Waals surface area contributed by atoms with Gasteiger partial charge in [-0.2, -0.15) is 0 Å². The fourth-order valence-electron chi connectivity index (χ4n) is 7.23. The summed E-state index contributed by atoms with van der Waals surface area (Å²) in [6.07, 6.45) is 0.824. The van der Waals surface area contributed by atoms with Crippen LogP contribution in [0.25, 0.3) is 0 Å². The normalized spacial score (nSPS) is 43.8. The van der Waals surface area contributed by atoms with E-state index in [4.69, 9.17) is 4.74 Å². The maximum atomic E-state index is 11.5. The first-order chi connectivity index (χ1) is 14.8. The van der Waals surface area contributed by atoms with Gasteiger partial charge in [-0.15, -0.1) is 0 Å². The monoisotopic (exact) mass is 452 g/mol. The van der Waals surface area contributed by atoms with Crippen molar-refractivity contribution < 1.29 is 35.1 Å². The molecular weight excluding hydrogens is 412 g/mol. The lowest BCUT2D eigenvalue weighted by Gasteiger charge is -2.63. The van der Waals surface area contributed by atoms with Gasteiger partial charge in [0.25, 0.3) is 0 Å². The van der Waals surface area contributed by atoms with Crippen molar-refractivity contribution >= 4 is 5.97 Å². The molecule has 2 fully saturated rings. The molecule has 0 bridgehead atoms. The summed E-state index contributed by atoms with van der Waals surface area (Å²) in [6, 6.07) is 0. The first-order valence-electron chi connectivity index (χ1n) is 11.7. The molecule has 0 aromatic carbocycles. The number of fused-ring (bicyclic) bond motifs is 1. The summed E-state index contributed by atoms with van der Waals surface area (Å²) >= 11 is 0. The van der Waals surface area contributed by atoms with E-state index in [1.807, 2.05) is 6.92 Å². The van der Waals surface area contributed by atoms with Crippen LogP contribution < -0.4 is 0 Å². The number of aliphatic hydroxyl groups is 5. The van der Waals surface area contributed by atoms with E-state index < -0.39 is 41.4 Å². The Morgan fingerprint density at radius 1 is 1.28 bits per heavy atom. The van der Waals surface area contributed by atoms with Gasteiger partial charge < -0.3 is 30.3 Å². The van der Waals surface area contributed by atoms with E-state index in [2.05, 4.69) is 13.5 Å². The summed E-state index contributed by atoms with van der Waals surface area (Å²) < 4.78 is 5.09. The topological polar surface area (TPSA) is 127 Å². The third kappa shape index (κ3) is 4.30. The molecule has 3 rings (SSSR count). The summed E-state index contributed by atoms with van der Waals surface area (Å²) in [5.74, 6) is -0.862. The highest BCUT2D eigenvalue weighted by Crippen LogP contribution is 2.63. The van der Waals surface area contributed by atoms with Gasteiger partial charge in [0.05, 0.1) is 11.7 Å². The van der Waals surface area contributed by atoms with Gasteiger partial charge in [0.2, 0.25) is 0 Å². The molecule has 182 valence electrons. The zero-order chi connectivity index (χ0) is 24.1. The van der Waals surface area contributed by atoms with E-state index in [1.54, 1.807) is 13.8 Å². The van der Waals surface area contributed by atoms with Crippen LogP contribution in [0, 0.1) is 22.7 Å². The van der Waals surface area contributed by atoms with Crippen molar-refractivity contribution in [1.82, 2.24) is 0 Å². The molecule has 7 nitrogen and oxygen atoms in total. The average Bonchev–Trinajstić information content (AvgIpc) is 3.03. The maximum Gasteiger partial charge on any atom is 0.331 e. The number of ether oxygens (including phenoxy) is 1. The summed E-state index contributed by atoms with van der Waals surface area (Å²) in [6.45, 7) is 11.5. The Hall–Kier alpha value is -1.25. The minimum atomic E-state index is -1.31. The molecule has 3 aliphatic rings. The van der Waals surface area contributed by atoms with Crippen molar-refractivity contribution in [3.63, 3.8) is 0 Å². The Balaban J connectivity index is 1.75. The lowest BCUT2D eigenvalue weighted by molar-refractivity contribution is -0.223. The fraction of sp³-hybridized carbons (Fsp3) is 0.800. The van der Waals surface area contributed by atoms with Gasteiger partial charge >= 0.3 is 5.97 Å². The second-order valence-corrected chi connectivity index (χ2v) is 11.2. The number of hydrogen-bond acceptors (Lipinski definition) is 7. The zero-order valence-corrected chi connectivity index (χ0v) is 19.8. The first kappa shape index (κ1) is 25.4. The molecule has 0 spiro atoms. The maximum absolute atomic E-state index is 11.5. The number of carbonyl (C=O) groups is 1. The van der Waals surface area contributed by atoms with Crippen LogP contribution in [0.1, 0.15) is 66.2 Å². The van der Waals surface area contributed by atoms with E-state index in [1.165, 1.54) is 6.08 Å². The molecule has 0 aromatic rings. The van der Waals surface area contributed by atoms with E-state index in [0.717, 1.165) is 19.3 Å². The minimum absolute atomic E-state index is 0.0101. The smallest absolute Gasteiger partial charge is 0.331 e. The number of rotatable bonds is 7. The van der Waals surface area contributed by atoms with E-state index in [-0.39, 0.29) is 30.3 Å². The lowest BCUT2D eigenvalue weighted by atomic mass is 9.44. The summed E-state index contributed by atoms with van der Waals surface area (Å²) in [4.78, 5) is 11.5. The molecule has 7 heteroatoms. The molecule has 9 atom stereocenters. The molecule has 2 saturated carbocycles. The van der Waals surface area contributed by atoms with Crippen molar-refractivity contribution in [2.24, 2.45) is 22.7 Å². The Morgan fingerprint density at radius 3 is 2.50 bits per heavy atom. The van der Waals surface area contributed by atoms with Crippen LogP contribution in [-0.2, 0) is 9.53 Å². The van der Waals surface area contributed by atoms with Gasteiger partial charge in [-0.1, -0.05) is 26.8 Å². The van der Waals surface area contributed by atoms with Gasteiger partial charge in [0, 0.05) is 19.1 Å². The molecule has 1 aliphatic heterocycles. The predicted octanol–water partition coefficient (Wildman–Crippen LogP) is 1.85.